The molecule has 1 amide bonds. The van der Waals surface area contributed by atoms with Gasteiger partial charge >= 0.3 is 17.9 Å². The predicted octanol–water partition coefficient (Wildman–Crippen LogP) is 2.29. The fourth-order valence-electron chi connectivity index (χ4n) is 2.81. The molecule has 30 heavy (non-hydrogen) atoms. The van der Waals surface area contributed by atoms with Crippen molar-refractivity contribution in [1.29, 1.82) is 0 Å². The van der Waals surface area contributed by atoms with Crippen molar-refractivity contribution in [3.05, 3.63) is 82.7 Å². The molecule has 0 fully saturated rings. The Morgan fingerprint density at radius 1 is 1.17 bits per heavy atom. The summed E-state index contributed by atoms with van der Waals surface area (Å²) in [6.07, 6.45) is 4.65. The Balaban J connectivity index is 1.79. The van der Waals surface area contributed by atoms with E-state index in [1.807, 2.05) is 24.3 Å². The van der Waals surface area contributed by atoms with Crippen molar-refractivity contribution in [3.63, 3.8) is 0 Å². The van der Waals surface area contributed by atoms with Gasteiger partial charge in [-0.3, -0.25) is 14.9 Å². The monoisotopic (exact) mass is 407 g/mol. The fraction of sp³-hybridized carbons (Fsp3) is 0.143. The molecule has 3 aromatic rings. The number of nitro benzene ring substituents is 1. The highest BCUT2D eigenvalue weighted by atomic mass is 16.6. The summed E-state index contributed by atoms with van der Waals surface area (Å²) in [5.74, 6) is -1.38. The molecular weight excluding hydrogens is 388 g/mol. The molecule has 0 aliphatic rings. The molecule has 0 bridgehead atoms. The Morgan fingerprint density at radius 2 is 1.87 bits per heavy atom. The summed E-state index contributed by atoms with van der Waals surface area (Å²) in [5.41, 5.74) is 2.83. The number of carbonyl (C=O) groups excluding carboxylic acids is 2. The maximum Gasteiger partial charge on any atom is 0.386 e. The number of aromatic nitrogens is 1. The van der Waals surface area contributed by atoms with Gasteiger partial charge in [-0.1, -0.05) is 18.2 Å². The van der Waals surface area contributed by atoms with Gasteiger partial charge in [-0.25, -0.2) is 10.2 Å². The second kappa shape index (κ2) is 9.37. The predicted molar refractivity (Wildman–Crippen MR) is 109 cm³/mol. The van der Waals surface area contributed by atoms with Crippen molar-refractivity contribution in [2.45, 2.75) is 13.0 Å². The van der Waals surface area contributed by atoms with Crippen LogP contribution in [0.5, 0.6) is 0 Å². The molecule has 1 N–H and O–H groups in total. The molecule has 0 spiro atoms. The molecule has 0 aliphatic heterocycles. The van der Waals surface area contributed by atoms with Crippen LogP contribution in [-0.4, -0.2) is 29.6 Å². The molecule has 9 nitrogen and oxygen atoms in total. The van der Waals surface area contributed by atoms with E-state index in [4.69, 9.17) is 4.74 Å². The average molecular weight is 407 g/mol. The Bertz CT molecular complexity index is 1110. The van der Waals surface area contributed by atoms with Gasteiger partial charge in [0.1, 0.15) is 0 Å². The van der Waals surface area contributed by atoms with Crippen LogP contribution in [0.15, 0.2) is 72.1 Å². The molecule has 1 unspecified atom stereocenters. The van der Waals surface area contributed by atoms with Crippen LogP contribution >= 0.6 is 0 Å². The zero-order valence-electron chi connectivity index (χ0n) is 16.1. The maximum atomic E-state index is 12.7. The van der Waals surface area contributed by atoms with Crippen LogP contribution in [0, 0.1) is 10.1 Å². The number of nitrogens with zero attached hydrogens (tertiary/aromatic N) is 3. The van der Waals surface area contributed by atoms with E-state index in [0.717, 1.165) is 10.8 Å². The van der Waals surface area contributed by atoms with Gasteiger partial charge in [0.05, 0.1) is 17.7 Å². The van der Waals surface area contributed by atoms with Gasteiger partial charge < -0.3 is 4.74 Å². The quantitative estimate of drug-likeness (QED) is 0.161. The highest BCUT2D eigenvalue weighted by Crippen LogP contribution is 2.12. The van der Waals surface area contributed by atoms with E-state index in [2.05, 4.69) is 10.5 Å². The number of non-ortho nitro benzene ring substituents is 1. The van der Waals surface area contributed by atoms with Crippen molar-refractivity contribution in [2.24, 2.45) is 5.10 Å². The lowest BCUT2D eigenvalue weighted by Crippen LogP contribution is -2.51. The first-order chi connectivity index (χ1) is 14.5. The third-order valence-electron chi connectivity index (χ3n) is 4.26. The summed E-state index contributed by atoms with van der Waals surface area (Å²) in [6, 6.07) is 13.7. The number of amides is 1. The third-order valence-corrected chi connectivity index (χ3v) is 4.26. The standard InChI is InChI=1S/C21H18N4O5/c1-2-30-21(27)19(24-12-11-16-5-3-4-6-17(16)14-24)20(26)23-22-13-15-7-9-18(10-8-15)25(28)29/h3-14,19H,2H2,1H3/p+1/b22-13+. The molecule has 0 saturated heterocycles. The van der Waals surface area contributed by atoms with Crippen molar-refractivity contribution in [3.8, 4) is 0 Å². The second-order valence-electron chi connectivity index (χ2n) is 6.26. The number of hydrazone groups is 1. The maximum absolute atomic E-state index is 12.7. The number of hydrogen-bond acceptors (Lipinski definition) is 6. The van der Waals surface area contributed by atoms with Gasteiger partial charge in [-0.15, -0.1) is 0 Å². The largest absolute Gasteiger partial charge is 0.461 e. The number of ether oxygens (including phenoxy) is 1. The van der Waals surface area contributed by atoms with Gasteiger partial charge in [-0.05, 0) is 36.1 Å². The van der Waals surface area contributed by atoms with E-state index < -0.39 is 22.8 Å². The minimum Gasteiger partial charge on any atom is -0.461 e. The summed E-state index contributed by atoms with van der Waals surface area (Å²) in [4.78, 5) is 35.3. The van der Waals surface area contributed by atoms with E-state index in [-0.39, 0.29) is 12.3 Å². The highest BCUT2D eigenvalue weighted by molar-refractivity contribution is 5.98. The van der Waals surface area contributed by atoms with Crippen molar-refractivity contribution in [2.75, 3.05) is 6.61 Å². The molecule has 0 radical (unpaired) electrons. The van der Waals surface area contributed by atoms with Crippen molar-refractivity contribution >= 4 is 34.6 Å². The number of fused-ring (bicyclic) bond motifs is 1. The Labute approximate surface area is 171 Å². The normalized spacial score (nSPS) is 11.9. The van der Waals surface area contributed by atoms with Crippen LogP contribution in [-0.2, 0) is 14.3 Å². The van der Waals surface area contributed by atoms with Crippen LogP contribution < -0.4 is 9.99 Å². The van der Waals surface area contributed by atoms with Crippen molar-refractivity contribution < 1.29 is 23.8 Å². The Morgan fingerprint density at radius 3 is 2.53 bits per heavy atom. The third kappa shape index (κ3) is 4.82. The molecule has 152 valence electrons. The second-order valence-corrected chi connectivity index (χ2v) is 6.26. The molecular formula is C21H19N4O5+. The van der Waals surface area contributed by atoms with Crippen molar-refractivity contribution in [1.82, 2.24) is 5.43 Å². The van der Waals surface area contributed by atoms with Gasteiger partial charge in [0, 0.05) is 23.6 Å². The zero-order valence-corrected chi connectivity index (χ0v) is 16.1. The summed E-state index contributed by atoms with van der Waals surface area (Å²) in [7, 11) is 0. The Hall–Kier alpha value is -4.14. The number of hydrogen-bond donors (Lipinski definition) is 1. The van der Waals surface area contributed by atoms with Crippen LogP contribution in [0.4, 0.5) is 5.69 Å². The molecule has 0 saturated carbocycles. The van der Waals surface area contributed by atoms with E-state index in [1.165, 1.54) is 35.0 Å². The van der Waals surface area contributed by atoms with E-state index in [0.29, 0.717) is 5.56 Å². The minimum atomic E-state index is -1.26. The lowest BCUT2D eigenvalue weighted by Gasteiger charge is -2.10. The average Bonchev–Trinajstić information content (AvgIpc) is 2.74. The van der Waals surface area contributed by atoms with Crippen LogP contribution in [0.2, 0.25) is 0 Å². The summed E-state index contributed by atoms with van der Waals surface area (Å²) >= 11 is 0. The Kier molecular flexibility index (Phi) is 6.43. The highest BCUT2D eigenvalue weighted by Gasteiger charge is 2.37. The number of esters is 1. The summed E-state index contributed by atoms with van der Waals surface area (Å²) < 4.78 is 6.52. The number of nitrogens with one attached hydrogen (secondary N) is 1. The first-order valence-electron chi connectivity index (χ1n) is 9.13. The van der Waals surface area contributed by atoms with Crippen LogP contribution in [0.1, 0.15) is 18.5 Å². The topological polar surface area (TPSA) is 115 Å². The lowest BCUT2D eigenvalue weighted by molar-refractivity contribution is -0.696. The van der Waals surface area contributed by atoms with E-state index >= 15 is 0 Å². The molecule has 9 heteroatoms. The van der Waals surface area contributed by atoms with Gasteiger partial charge in [0.15, 0.2) is 12.4 Å². The van der Waals surface area contributed by atoms with Gasteiger partial charge in [0.2, 0.25) is 0 Å². The van der Waals surface area contributed by atoms with E-state index in [9.17, 15) is 19.7 Å². The molecule has 3 rings (SSSR count). The molecule has 1 heterocycles. The molecule has 2 aromatic carbocycles. The zero-order chi connectivity index (χ0) is 21.5. The summed E-state index contributed by atoms with van der Waals surface area (Å²) in [5, 5.41) is 16.4. The number of nitro groups is 1. The molecule has 1 aromatic heterocycles. The number of pyridine rings is 1. The SMILES string of the molecule is CCOC(=O)C(C(=O)N/N=C/c1ccc([N+](=O)[O-])cc1)[n+]1ccc2ccccc2c1. The lowest BCUT2D eigenvalue weighted by atomic mass is 10.1. The molecule has 0 aliphatic carbocycles. The minimum absolute atomic E-state index is 0.0498. The first kappa shape index (κ1) is 20.6. The fourth-order valence-corrected chi connectivity index (χ4v) is 2.81. The van der Waals surface area contributed by atoms with Gasteiger partial charge in [0.25, 0.3) is 5.69 Å². The van der Waals surface area contributed by atoms with E-state index in [1.54, 1.807) is 25.4 Å². The smallest absolute Gasteiger partial charge is 0.386 e. The number of benzene rings is 2. The van der Waals surface area contributed by atoms with Crippen LogP contribution in [0.25, 0.3) is 10.8 Å². The van der Waals surface area contributed by atoms with Gasteiger partial charge in [-0.2, -0.15) is 9.67 Å². The first-order valence-corrected chi connectivity index (χ1v) is 9.13. The van der Waals surface area contributed by atoms with Crippen LogP contribution in [0.3, 0.4) is 0 Å². The number of rotatable bonds is 7. The number of carbonyl (C=O) groups is 2. The summed E-state index contributed by atoms with van der Waals surface area (Å²) in [6.45, 7) is 1.79. The molecule has 1 atom stereocenters.